The molecule has 0 bridgehead atoms. The van der Waals surface area contributed by atoms with Crippen molar-refractivity contribution < 1.29 is 27.5 Å². The van der Waals surface area contributed by atoms with E-state index in [-0.39, 0.29) is 11.1 Å². The van der Waals surface area contributed by atoms with Gasteiger partial charge in [-0.2, -0.15) is 18.3 Å². The van der Waals surface area contributed by atoms with Crippen LogP contribution in [0.2, 0.25) is 0 Å². The van der Waals surface area contributed by atoms with E-state index < -0.39 is 30.1 Å². The van der Waals surface area contributed by atoms with Crippen molar-refractivity contribution in [1.82, 2.24) is 9.78 Å². The van der Waals surface area contributed by atoms with Crippen LogP contribution in [0.3, 0.4) is 0 Å². The van der Waals surface area contributed by atoms with Crippen molar-refractivity contribution in [3.8, 4) is 0 Å². The van der Waals surface area contributed by atoms with Crippen molar-refractivity contribution in [2.75, 3.05) is 0 Å². The summed E-state index contributed by atoms with van der Waals surface area (Å²) in [5.74, 6) is -2.14. The molecule has 0 unspecified atom stereocenters. The first-order valence-electron chi connectivity index (χ1n) is 6.99. The number of aryl methyl sites for hydroxylation is 2. The fourth-order valence-corrected chi connectivity index (χ4v) is 2.34. The minimum absolute atomic E-state index is 0.103. The molecule has 0 saturated heterocycles. The second-order valence-corrected chi connectivity index (χ2v) is 5.23. The minimum atomic E-state index is -4.57. The van der Waals surface area contributed by atoms with Gasteiger partial charge in [0.2, 0.25) is 0 Å². The Morgan fingerprint density at radius 3 is 2.38 bits per heavy atom. The average molecular weight is 340 g/mol. The van der Waals surface area contributed by atoms with Crippen LogP contribution in [0.5, 0.6) is 0 Å². The molecule has 0 amide bonds. The Labute approximate surface area is 136 Å². The standard InChI is InChI=1S/C16H15F3N2O3/c1-9-13(10(2)21(3)20-9)14(22)15(23)24-8-11-6-4-5-7-12(11)16(17,18)19/h4-7H,8H2,1-3H3. The van der Waals surface area contributed by atoms with E-state index in [1.807, 2.05) is 0 Å². The summed E-state index contributed by atoms with van der Waals surface area (Å²) in [6.07, 6.45) is -4.57. The molecule has 0 atom stereocenters. The highest BCUT2D eigenvalue weighted by Crippen LogP contribution is 2.32. The number of ether oxygens (including phenoxy) is 1. The van der Waals surface area contributed by atoms with Crippen LogP contribution in [0.25, 0.3) is 0 Å². The van der Waals surface area contributed by atoms with E-state index in [0.717, 1.165) is 6.07 Å². The van der Waals surface area contributed by atoms with Gasteiger partial charge < -0.3 is 4.74 Å². The lowest BCUT2D eigenvalue weighted by Crippen LogP contribution is -2.20. The van der Waals surface area contributed by atoms with Gasteiger partial charge in [0.05, 0.1) is 16.8 Å². The van der Waals surface area contributed by atoms with Gasteiger partial charge in [-0.1, -0.05) is 18.2 Å². The number of nitrogens with zero attached hydrogens (tertiary/aromatic N) is 2. The normalized spacial score (nSPS) is 11.4. The molecule has 1 aromatic carbocycles. The zero-order chi connectivity index (χ0) is 18.1. The summed E-state index contributed by atoms with van der Waals surface area (Å²) in [6.45, 7) is 2.53. The molecule has 0 aliphatic rings. The van der Waals surface area contributed by atoms with E-state index in [0.29, 0.717) is 11.4 Å². The first kappa shape index (κ1) is 17.7. The van der Waals surface area contributed by atoms with Gasteiger partial charge in [0.1, 0.15) is 6.61 Å². The highest BCUT2D eigenvalue weighted by atomic mass is 19.4. The smallest absolute Gasteiger partial charge is 0.416 e. The Hall–Kier alpha value is -2.64. The number of halogens is 3. The van der Waals surface area contributed by atoms with Crippen LogP contribution in [0.1, 0.15) is 32.9 Å². The van der Waals surface area contributed by atoms with Gasteiger partial charge in [-0.05, 0) is 19.9 Å². The molecule has 128 valence electrons. The maximum Gasteiger partial charge on any atom is 0.416 e. The van der Waals surface area contributed by atoms with E-state index in [9.17, 15) is 22.8 Å². The highest BCUT2D eigenvalue weighted by molar-refractivity contribution is 6.41. The van der Waals surface area contributed by atoms with Gasteiger partial charge in [0.15, 0.2) is 0 Å². The highest BCUT2D eigenvalue weighted by Gasteiger charge is 2.33. The predicted molar refractivity (Wildman–Crippen MR) is 78.3 cm³/mol. The Balaban J connectivity index is 2.16. The molecule has 0 spiro atoms. The molecule has 0 radical (unpaired) electrons. The lowest BCUT2D eigenvalue weighted by molar-refractivity contribution is -0.143. The lowest BCUT2D eigenvalue weighted by Gasteiger charge is -2.12. The molecule has 8 heteroatoms. The van der Waals surface area contributed by atoms with Crippen molar-refractivity contribution >= 4 is 11.8 Å². The van der Waals surface area contributed by atoms with E-state index >= 15 is 0 Å². The molecule has 0 aliphatic heterocycles. The largest absolute Gasteiger partial charge is 0.455 e. The molecule has 2 rings (SSSR count). The van der Waals surface area contributed by atoms with Gasteiger partial charge >= 0.3 is 12.1 Å². The number of hydrogen-bond acceptors (Lipinski definition) is 4. The van der Waals surface area contributed by atoms with Gasteiger partial charge in [-0.25, -0.2) is 4.79 Å². The number of esters is 1. The number of Topliss-reactive ketones (excluding diaryl/α,β-unsaturated/α-hetero) is 1. The summed E-state index contributed by atoms with van der Waals surface area (Å²) in [5, 5.41) is 4.02. The van der Waals surface area contributed by atoms with Crippen LogP contribution in [-0.2, 0) is 29.4 Å². The Morgan fingerprint density at radius 1 is 1.21 bits per heavy atom. The van der Waals surface area contributed by atoms with Crippen molar-refractivity contribution in [2.45, 2.75) is 26.6 Å². The second-order valence-electron chi connectivity index (χ2n) is 5.23. The Bertz CT molecular complexity index is 794. The molecule has 1 aromatic heterocycles. The summed E-state index contributed by atoms with van der Waals surface area (Å²) in [6, 6.07) is 4.72. The van der Waals surface area contributed by atoms with Gasteiger partial charge in [-0.3, -0.25) is 9.48 Å². The quantitative estimate of drug-likeness (QED) is 0.488. The average Bonchev–Trinajstić information content (AvgIpc) is 2.76. The zero-order valence-corrected chi connectivity index (χ0v) is 13.3. The number of alkyl halides is 3. The number of hydrogen-bond donors (Lipinski definition) is 0. The van der Waals surface area contributed by atoms with Crippen molar-refractivity contribution in [3.05, 3.63) is 52.3 Å². The third kappa shape index (κ3) is 3.47. The van der Waals surface area contributed by atoms with Crippen LogP contribution in [0, 0.1) is 13.8 Å². The maximum atomic E-state index is 12.9. The van der Waals surface area contributed by atoms with Crippen LogP contribution < -0.4 is 0 Å². The summed E-state index contributed by atoms with van der Waals surface area (Å²) < 4.78 is 44.9. The number of aromatic nitrogens is 2. The Morgan fingerprint density at radius 2 is 1.83 bits per heavy atom. The van der Waals surface area contributed by atoms with Crippen LogP contribution in [0.15, 0.2) is 24.3 Å². The molecule has 0 saturated carbocycles. The SMILES string of the molecule is Cc1nn(C)c(C)c1C(=O)C(=O)OCc1ccccc1C(F)(F)F. The maximum absolute atomic E-state index is 12.9. The van der Waals surface area contributed by atoms with E-state index in [1.165, 1.54) is 22.9 Å². The van der Waals surface area contributed by atoms with Crippen LogP contribution >= 0.6 is 0 Å². The molecular weight excluding hydrogens is 325 g/mol. The van der Waals surface area contributed by atoms with Crippen molar-refractivity contribution in [3.63, 3.8) is 0 Å². The third-order valence-corrected chi connectivity index (χ3v) is 3.60. The summed E-state index contributed by atoms with van der Waals surface area (Å²) in [4.78, 5) is 24.1. The monoisotopic (exact) mass is 340 g/mol. The van der Waals surface area contributed by atoms with Crippen molar-refractivity contribution in [2.24, 2.45) is 7.05 Å². The van der Waals surface area contributed by atoms with Gasteiger partial charge in [0, 0.05) is 18.3 Å². The molecule has 1 heterocycles. The zero-order valence-electron chi connectivity index (χ0n) is 13.3. The van der Waals surface area contributed by atoms with E-state index in [1.54, 1.807) is 20.9 Å². The molecule has 5 nitrogen and oxygen atoms in total. The fourth-order valence-electron chi connectivity index (χ4n) is 2.34. The van der Waals surface area contributed by atoms with Crippen LogP contribution in [0.4, 0.5) is 13.2 Å². The summed E-state index contributed by atoms with van der Waals surface area (Å²) in [5.41, 5.74) is -0.186. The number of rotatable bonds is 4. The van der Waals surface area contributed by atoms with Crippen molar-refractivity contribution in [1.29, 1.82) is 0 Å². The minimum Gasteiger partial charge on any atom is -0.455 e. The Kier molecular flexibility index (Phi) is 4.77. The number of carbonyl (C=O) groups is 2. The lowest BCUT2D eigenvalue weighted by atomic mass is 10.1. The number of benzene rings is 1. The molecule has 0 aliphatic carbocycles. The number of ketones is 1. The summed E-state index contributed by atoms with van der Waals surface area (Å²) in [7, 11) is 1.62. The number of carbonyl (C=O) groups excluding carboxylic acids is 2. The molecule has 0 fully saturated rings. The van der Waals surface area contributed by atoms with Gasteiger partial charge in [0.25, 0.3) is 5.78 Å². The van der Waals surface area contributed by atoms with Gasteiger partial charge in [-0.15, -0.1) is 0 Å². The first-order valence-corrected chi connectivity index (χ1v) is 6.99. The molecular formula is C16H15F3N2O3. The van der Waals surface area contributed by atoms with Crippen LogP contribution in [-0.4, -0.2) is 21.5 Å². The first-order chi connectivity index (χ1) is 11.1. The van der Waals surface area contributed by atoms with E-state index in [4.69, 9.17) is 4.74 Å². The molecule has 24 heavy (non-hydrogen) atoms. The second kappa shape index (κ2) is 6.46. The fraction of sp³-hybridized carbons (Fsp3) is 0.312. The third-order valence-electron chi connectivity index (χ3n) is 3.60. The molecule has 0 N–H and O–H groups in total. The van der Waals surface area contributed by atoms with E-state index in [2.05, 4.69) is 5.10 Å². The topological polar surface area (TPSA) is 61.2 Å². The predicted octanol–water partition coefficient (Wildman–Crippen LogP) is 2.98. The summed E-state index contributed by atoms with van der Waals surface area (Å²) >= 11 is 0. The molecule has 2 aromatic rings.